The Balaban J connectivity index is 1.76. The molecule has 154 valence electrons. The molecule has 0 unspecified atom stereocenters. The van der Waals surface area contributed by atoms with E-state index in [0.29, 0.717) is 5.69 Å². The van der Waals surface area contributed by atoms with Gasteiger partial charge in [-0.1, -0.05) is 57.9 Å². The number of amides is 1. The lowest BCUT2D eigenvalue weighted by Crippen LogP contribution is -2.19. The monoisotopic (exact) mass is 485 g/mol. The molecule has 0 aliphatic carbocycles. The predicted molar refractivity (Wildman–Crippen MR) is 122 cm³/mol. The molecule has 0 saturated heterocycles. The SMILES string of the molecule is Cc1ccc(NS(=O)(=O)c2cccc(C(=O)NN=Cc3ccccc3Br)c2)c(C)c1. The average Bonchev–Trinajstić information content (AvgIpc) is 2.71. The first-order valence-corrected chi connectivity index (χ1v) is 11.3. The van der Waals surface area contributed by atoms with Crippen molar-refractivity contribution >= 4 is 43.8 Å². The molecule has 1 amide bonds. The fraction of sp³-hybridized carbons (Fsp3) is 0.0909. The third kappa shape index (κ3) is 5.34. The summed E-state index contributed by atoms with van der Waals surface area (Å²) in [7, 11) is -3.85. The fourth-order valence-electron chi connectivity index (χ4n) is 2.74. The number of hydrogen-bond acceptors (Lipinski definition) is 4. The Bertz CT molecular complexity index is 1220. The first-order valence-electron chi connectivity index (χ1n) is 9.04. The number of sulfonamides is 1. The molecule has 6 nitrogen and oxygen atoms in total. The Morgan fingerprint density at radius 3 is 2.50 bits per heavy atom. The van der Waals surface area contributed by atoms with Gasteiger partial charge >= 0.3 is 0 Å². The molecule has 2 N–H and O–H groups in total. The molecule has 0 aliphatic heterocycles. The summed E-state index contributed by atoms with van der Waals surface area (Å²) in [6.45, 7) is 3.77. The van der Waals surface area contributed by atoms with E-state index in [2.05, 4.69) is 31.2 Å². The standard InChI is InChI=1S/C22H20BrN3O3S/c1-15-10-11-21(16(2)12-15)26-30(28,29)19-8-5-7-17(13-19)22(27)25-24-14-18-6-3-4-9-20(18)23/h3-14,26H,1-2H3,(H,25,27). The van der Waals surface area contributed by atoms with E-state index in [9.17, 15) is 13.2 Å². The second-order valence-corrected chi connectivity index (χ2v) is 9.21. The highest BCUT2D eigenvalue weighted by Crippen LogP contribution is 2.21. The number of anilines is 1. The summed E-state index contributed by atoms with van der Waals surface area (Å²) in [5.41, 5.74) is 5.74. The molecular formula is C22H20BrN3O3S. The van der Waals surface area contributed by atoms with Crippen LogP contribution in [0.4, 0.5) is 5.69 Å². The van der Waals surface area contributed by atoms with E-state index >= 15 is 0 Å². The molecule has 0 heterocycles. The molecule has 3 rings (SSSR count). The number of carbonyl (C=O) groups excluding carboxylic acids is 1. The molecule has 0 bridgehead atoms. The van der Waals surface area contributed by atoms with Crippen molar-refractivity contribution in [3.05, 3.63) is 93.5 Å². The topological polar surface area (TPSA) is 87.6 Å². The summed E-state index contributed by atoms with van der Waals surface area (Å²) in [6, 6.07) is 18.7. The fourth-order valence-corrected chi connectivity index (χ4v) is 4.30. The minimum Gasteiger partial charge on any atom is -0.279 e. The number of nitrogens with zero attached hydrogens (tertiary/aromatic N) is 1. The van der Waals surface area contributed by atoms with Gasteiger partial charge in [0.2, 0.25) is 0 Å². The van der Waals surface area contributed by atoms with Crippen LogP contribution in [0.1, 0.15) is 27.0 Å². The van der Waals surface area contributed by atoms with Crippen LogP contribution in [0.2, 0.25) is 0 Å². The van der Waals surface area contributed by atoms with Gasteiger partial charge in [-0.15, -0.1) is 0 Å². The Morgan fingerprint density at radius 2 is 1.77 bits per heavy atom. The highest BCUT2D eigenvalue weighted by molar-refractivity contribution is 9.10. The molecule has 3 aromatic rings. The van der Waals surface area contributed by atoms with E-state index in [1.54, 1.807) is 6.07 Å². The van der Waals surface area contributed by atoms with Crippen molar-refractivity contribution in [3.63, 3.8) is 0 Å². The van der Waals surface area contributed by atoms with Gasteiger partial charge in [0.15, 0.2) is 0 Å². The van der Waals surface area contributed by atoms with Gasteiger partial charge in [-0.05, 0) is 49.7 Å². The first kappa shape index (κ1) is 21.7. The number of aryl methyl sites for hydroxylation is 2. The van der Waals surface area contributed by atoms with E-state index in [1.807, 2.05) is 50.2 Å². The Hall–Kier alpha value is -2.97. The van der Waals surface area contributed by atoms with Gasteiger partial charge in [0, 0.05) is 15.6 Å². The number of nitrogens with one attached hydrogen (secondary N) is 2. The number of hydrazone groups is 1. The summed E-state index contributed by atoms with van der Waals surface area (Å²) < 4.78 is 29.0. The van der Waals surface area contributed by atoms with Gasteiger partial charge < -0.3 is 0 Å². The number of rotatable bonds is 6. The lowest BCUT2D eigenvalue weighted by atomic mass is 10.1. The molecule has 0 aliphatic rings. The minimum absolute atomic E-state index is 0.00934. The van der Waals surface area contributed by atoms with Crippen molar-refractivity contribution in [2.24, 2.45) is 5.10 Å². The quantitative estimate of drug-likeness (QED) is 0.394. The van der Waals surface area contributed by atoms with E-state index in [-0.39, 0.29) is 10.5 Å². The van der Waals surface area contributed by atoms with E-state index in [1.165, 1.54) is 30.5 Å². The van der Waals surface area contributed by atoms with Crippen molar-refractivity contribution in [2.45, 2.75) is 18.7 Å². The molecule has 0 fully saturated rings. The smallest absolute Gasteiger partial charge is 0.271 e. The number of carbonyl (C=O) groups is 1. The normalized spacial score (nSPS) is 11.4. The lowest BCUT2D eigenvalue weighted by Gasteiger charge is -2.12. The van der Waals surface area contributed by atoms with E-state index in [0.717, 1.165) is 21.2 Å². The largest absolute Gasteiger partial charge is 0.279 e. The summed E-state index contributed by atoms with van der Waals surface area (Å²) in [4.78, 5) is 12.4. The molecule has 0 aromatic heterocycles. The van der Waals surface area contributed by atoms with Crippen LogP contribution in [-0.4, -0.2) is 20.5 Å². The van der Waals surface area contributed by atoms with Crippen LogP contribution >= 0.6 is 15.9 Å². The van der Waals surface area contributed by atoms with Crippen LogP contribution in [0.3, 0.4) is 0 Å². The second-order valence-electron chi connectivity index (χ2n) is 6.67. The van der Waals surface area contributed by atoms with Crippen LogP contribution in [0.5, 0.6) is 0 Å². The number of hydrogen-bond donors (Lipinski definition) is 2. The third-order valence-electron chi connectivity index (χ3n) is 4.31. The lowest BCUT2D eigenvalue weighted by molar-refractivity contribution is 0.0955. The van der Waals surface area contributed by atoms with Gasteiger partial charge in [-0.2, -0.15) is 5.10 Å². The molecule has 0 saturated carbocycles. The maximum Gasteiger partial charge on any atom is 0.271 e. The second kappa shape index (κ2) is 9.23. The molecule has 0 radical (unpaired) electrons. The molecule has 0 spiro atoms. The Labute approximate surface area is 184 Å². The average molecular weight is 486 g/mol. The van der Waals surface area contributed by atoms with E-state index in [4.69, 9.17) is 0 Å². The van der Waals surface area contributed by atoms with Gasteiger partial charge in [-0.3, -0.25) is 9.52 Å². The zero-order valence-electron chi connectivity index (χ0n) is 16.4. The van der Waals surface area contributed by atoms with E-state index < -0.39 is 15.9 Å². The first-order chi connectivity index (χ1) is 14.3. The summed E-state index contributed by atoms with van der Waals surface area (Å²) in [6.07, 6.45) is 1.50. The van der Waals surface area contributed by atoms with Crippen molar-refractivity contribution in [1.29, 1.82) is 0 Å². The maximum absolute atomic E-state index is 12.8. The molecule has 0 atom stereocenters. The van der Waals surface area contributed by atoms with Gasteiger partial charge in [0.05, 0.1) is 16.8 Å². The van der Waals surface area contributed by atoms with Crippen molar-refractivity contribution < 1.29 is 13.2 Å². The summed E-state index contributed by atoms with van der Waals surface area (Å²) in [5, 5.41) is 3.94. The predicted octanol–water partition coefficient (Wildman–Crippen LogP) is 4.63. The molecule has 30 heavy (non-hydrogen) atoms. The Morgan fingerprint density at radius 1 is 1.00 bits per heavy atom. The van der Waals surface area contributed by atoms with Crippen molar-refractivity contribution in [2.75, 3.05) is 4.72 Å². The third-order valence-corrected chi connectivity index (χ3v) is 6.39. The van der Waals surface area contributed by atoms with Crippen molar-refractivity contribution in [3.8, 4) is 0 Å². The maximum atomic E-state index is 12.8. The van der Waals surface area contributed by atoms with Gasteiger partial charge in [-0.25, -0.2) is 13.8 Å². The highest BCUT2D eigenvalue weighted by Gasteiger charge is 2.17. The zero-order valence-corrected chi connectivity index (χ0v) is 18.8. The Kier molecular flexibility index (Phi) is 6.69. The summed E-state index contributed by atoms with van der Waals surface area (Å²) in [5.74, 6) is -0.512. The van der Waals surface area contributed by atoms with Crippen LogP contribution < -0.4 is 10.1 Å². The minimum atomic E-state index is -3.85. The highest BCUT2D eigenvalue weighted by atomic mass is 79.9. The van der Waals surface area contributed by atoms with Gasteiger partial charge in [0.25, 0.3) is 15.9 Å². The zero-order chi connectivity index (χ0) is 21.7. The van der Waals surface area contributed by atoms with Crippen LogP contribution in [-0.2, 0) is 10.0 Å². The van der Waals surface area contributed by atoms with Crippen LogP contribution in [0.25, 0.3) is 0 Å². The number of benzene rings is 3. The van der Waals surface area contributed by atoms with Crippen LogP contribution in [0, 0.1) is 13.8 Å². The van der Waals surface area contributed by atoms with Crippen molar-refractivity contribution in [1.82, 2.24) is 5.43 Å². The summed E-state index contributed by atoms with van der Waals surface area (Å²) >= 11 is 3.40. The molecule has 8 heteroatoms. The van der Waals surface area contributed by atoms with Gasteiger partial charge in [0.1, 0.15) is 0 Å². The van der Waals surface area contributed by atoms with Crippen LogP contribution in [0.15, 0.2) is 81.2 Å². The molecule has 3 aromatic carbocycles. The molecular weight excluding hydrogens is 466 g/mol. The number of halogens is 1.